The van der Waals surface area contributed by atoms with Crippen LogP contribution in [0.25, 0.3) is 32.3 Å². The Kier molecular flexibility index (Phi) is 3.07. The third-order valence-electron chi connectivity index (χ3n) is 4.31. The minimum Gasteiger partial charge on any atom is -0.316 e. The summed E-state index contributed by atoms with van der Waals surface area (Å²) in [7, 11) is 0. The molecule has 0 aliphatic heterocycles. The van der Waals surface area contributed by atoms with E-state index in [1.807, 2.05) is 0 Å². The molecule has 0 spiro atoms. The Hall–Kier alpha value is -2.42. The number of rotatable bonds is 2. The van der Waals surface area contributed by atoms with Crippen LogP contribution in [0.4, 0.5) is 0 Å². The summed E-state index contributed by atoms with van der Waals surface area (Å²) in [4.78, 5) is 0. The monoisotopic (exact) mass is 286 g/mol. The van der Waals surface area contributed by atoms with Crippen LogP contribution in [0.5, 0.6) is 0 Å². The molecule has 0 aliphatic carbocycles. The van der Waals surface area contributed by atoms with Gasteiger partial charge in [-0.15, -0.1) is 0 Å². The van der Waals surface area contributed by atoms with Gasteiger partial charge in [0.05, 0.1) is 6.17 Å². The van der Waals surface area contributed by atoms with E-state index in [9.17, 15) is 0 Å². The van der Waals surface area contributed by atoms with Crippen LogP contribution in [0.3, 0.4) is 0 Å². The molecule has 0 heterocycles. The minimum absolute atomic E-state index is 0.337. The van der Waals surface area contributed by atoms with Crippen molar-refractivity contribution >= 4 is 32.3 Å². The van der Waals surface area contributed by atoms with E-state index in [1.165, 1.54) is 37.9 Å². The van der Waals surface area contributed by atoms with E-state index in [0.717, 1.165) is 0 Å². The number of benzene rings is 4. The van der Waals surface area contributed by atoms with Crippen LogP contribution in [-0.2, 0) is 6.42 Å². The Balaban J connectivity index is 2.27. The van der Waals surface area contributed by atoms with Crippen LogP contribution < -0.4 is 11.5 Å². The van der Waals surface area contributed by atoms with Crippen LogP contribution in [-0.4, -0.2) is 6.17 Å². The second-order valence-corrected chi connectivity index (χ2v) is 5.80. The molecule has 0 aliphatic rings. The van der Waals surface area contributed by atoms with Gasteiger partial charge in [-0.3, -0.25) is 0 Å². The summed E-state index contributed by atoms with van der Waals surface area (Å²) in [6.07, 6.45) is 0.343. The van der Waals surface area contributed by atoms with Crippen molar-refractivity contribution in [2.75, 3.05) is 0 Å². The average Bonchev–Trinajstić information content (AvgIpc) is 2.54. The maximum Gasteiger partial charge on any atom is 0.0562 e. The first kappa shape index (κ1) is 13.3. The van der Waals surface area contributed by atoms with Crippen molar-refractivity contribution in [3.8, 4) is 0 Å². The van der Waals surface area contributed by atoms with Crippen molar-refractivity contribution in [3.05, 3.63) is 72.3 Å². The van der Waals surface area contributed by atoms with Crippen molar-refractivity contribution < 1.29 is 0 Å². The highest BCUT2D eigenvalue weighted by atomic mass is 14.8. The topological polar surface area (TPSA) is 52.0 Å². The molecule has 0 aromatic heterocycles. The molecule has 0 unspecified atom stereocenters. The number of nitrogens with two attached hydrogens (primary N) is 2. The quantitative estimate of drug-likeness (QED) is 0.433. The highest BCUT2D eigenvalue weighted by molar-refractivity contribution is 6.26. The lowest BCUT2D eigenvalue weighted by molar-refractivity contribution is 0.706. The third-order valence-corrected chi connectivity index (χ3v) is 4.31. The molecule has 2 nitrogen and oxygen atoms in total. The standard InChI is InChI=1S/C20H18N2/c21-19(22)12-13-6-5-11-18-16-8-2-1-7-14(16)15-9-3-4-10-17(15)20(13)18/h1-11,19H,12,21-22H2. The van der Waals surface area contributed by atoms with Crippen molar-refractivity contribution in [3.63, 3.8) is 0 Å². The summed E-state index contributed by atoms with van der Waals surface area (Å²) >= 11 is 0. The third kappa shape index (κ3) is 1.97. The molecule has 22 heavy (non-hydrogen) atoms. The second kappa shape index (κ2) is 5.09. The molecule has 0 atom stereocenters. The zero-order valence-electron chi connectivity index (χ0n) is 12.3. The SMILES string of the molecule is NC(N)Cc1cccc2c3ccccc3c3ccccc3c12. The van der Waals surface area contributed by atoms with Crippen LogP contribution in [0.1, 0.15) is 5.56 Å². The molecule has 0 bridgehead atoms. The first-order chi connectivity index (χ1) is 10.8. The molecule has 4 rings (SSSR count). The Bertz CT molecular complexity index is 942. The molecule has 0 amide bonds. The summed E-state index contributed by atoms with van der Waals surface area (Å²) in [5.41, 5.74) is 12.9. The molecular formula is C20H18N2. The van der Waals surface area contributed by atoms with Gasteiger partial charge in [-0.05, 0) is 37.9 Å². The average molecular weight is 286 g/mol. The molecular weight excluding hydrogens is 268 g/mol. The van der Waals surface area contributed by atoms with Gasteiger partial charge in [0, 0.05) is 6.42 Å². The van der Waals surface area contributed by atoms with E-state index in [0.29, 0.717) is 6.42 Å². The predicted molar refractivity (Wildman–Crippen MR) is 94.8 cm³/mol. The largest absolute Gasteiger partial charge is 0.316 e. The fourth-order valence-corrected chi connectivity index (χ4v) is 3.46. The lowest BCUT2D eigenvalue weighted by Crippen LogP contribution is -2.32. The van der Waals surface area contributed by atoms with Crippen LogP contribution >= 0.6 is 0 Å². The number of fused-ring (bicyclic) bond motifs is 6. The Morgan fingerprint density at radius 2 is 1.05 bits per heavy atom. The van der Waals surface area contributed by atoms with E-state index in [4.69, 9.17) is 11.5 Å². The maximum atomic E-state index is 5.85. The molecule has 0 fully saturated rings. The second-order valence-electron chi connectivity index (χ2n) is 5.80. The first-order valence-electron chi connectivity index (χ1n) is 7.58. The summed E-state index contributed by atoms with van der Waals surface area (Å²) < 4.78 is 0. The van der Waals surface area contributed by atoms with Gasteiger partial charge >= 0.3 is 0 Å². The van der Waals surface area contributed by atoms with E-state index >= 15 is 0 Å². The maximum absolute atomic E-state index is 5.85. The summed E-state index contributed by atoms with van der Waals surface area (Å²) in [5.74, 6) is 0. The van der Waals surface area contributed by atoms with Crippen molar-refractivity contribution in [2.45, 2.75) is 12.6 Å². The predicted octanol–water partition coefficient (Wildman–Crippen LogP) is 3.93. The fraction of sp³-hybridized carbons (Fsp3) is 0.100. The minimum atomic E-state index is -0.337. The van der Waals surface area contributed by atoms with Crippen LogP contribution in [0.15, 0.2) is 66.7 Å². The van der Waals surface area contributed by atoms with Crippen molar-refractivity contribution in [2.24, 2.45) is 11.5 Å². The molecule has 0 saturated carbocycles. The van der Waals surface area contributed by atoms with Gasteiger partial charge < -0.3 is 11.5 Å². The Morgan fingerprint density at radius 1 is 0.591 bits per heavy atom. The molecule has 2 heteroatoms. The van der Waals surface area contributed by atoms with E-state index in [-0.39, 0.29) is 6.17 Å². The summed E-state index contributed by atoms with van der Waals surface area (Å²) in [6, 6.07) is 23.6. The van der Waals surface area contributed by atoms with Gasteiger partial charge in [-0.1, -0.05) is 66.7 Å². The van der Waals surface area contributed by atoms with Gasteiger partial charge in [0.15, 0.2) is 0 Å². The summed E-state index contributed by atoms with van der Waals surface area (Å²) in [5, 5.41) is 7.67. The van der Waals surface area contributed by atoms with E-state index < -0.39 is 0 Å². The molecule has 108 valence electrons. The first-order valence-corrected chi connectivity index (χ1v) is 7.58. The van der Waals surface area contributed by atoms with Gasteiger partial charge in [0.1, 0.15) is 0 Å². The molecule has 0 radical (unpaired) electrons. The van der Waals surface area contributed by atoms with Crippen molar-refractivity contribution in [1.29, 1.82) is 0 Å². The molecule has 4 aromatic rings. The zero-order chi connectivity index (χ0) is 15.1. The van der Waals surface area contributed by atoms with Gasteiger partial charge in [0.2, 0.25) is 0 Å². The number of hydrogen-bond donors (Lipinski definition) is 2. The Morgan fingerprint density at radius 3 is 1.59 bits per heavy atom. The summed E-state index contributed by atoms with van der Waals surface area (Å²) in [6.45, 7) is 0. The van der Waals surface area contributed by atoms with Gasteiger partial charge in [-0.25, -0.2) is 0 Å². The lowest BCUT2D eigenvalue weighted by atomic mass is 9.90. The highest BCUT2D eigenvalue weighted by Gasteiger charge is 2.11. The van der Waals surface area contributed by atoms with Crippen LogP contribution in [0, 0.1) is 0 Å². The fourth-order valence-electron chi connectivity index (χ4n) is 3.46. The Labute approximate surface area is 129 Å². The van der Waals surface area contributed by atoms with Gasteiger partial charge in [0.25, 0.3) is 0 Å². The smallest absolute Gasteiger partial charge is 0.0562 e. The van der Waals surface area contributed by atoms with Gasteiger partial charge in [-0.2, -0.15) is 0 Å². The van der Waals surface area contributed by atoms with E-state index in [1.54, 1.807) is 0 Å². The normalized spacial score (nSPS) is 11.8. The number of hydrogen-bond acceptors (Lipinski definition) is 2. The van der Waals surface area contributed by atoms with Crippen LogP contribution in [0.2, 0.25) is 0 Å². The van der Waals surface area contributed by atoms with Crippen molar-refractivity contribution in [1.82, 2.24) is 0 Å². The molecule has 0 saturated heterocycles. The lowest BCUT2D eigenvalue weighted by Gasteiger charge is -2.15. The molecule has 4 aromatic carbocycles. The molecule has 4 N–H and O–H groups in total. The zero-order valence-corrected chi connectivity index (χ0v) is 12.3. The van der Waals surface area contributed by atoms with E-state index in [2.05, 4.69) is 66.7 Å². The highest BCUT2D eigenvalue weighted by Crippen LogP contribution is 2.36.